The van der Waals surface area contributed by atoms with E-state index < -0.39 is 34.2 Å². The van der Waals surface area contributed by atoms with Crippen LogP contribution < -0.4 is 4.31 Å². The van der Waals surface area contributed by atoms with Crippen LogP contribution >= 0.6 is 0 Å². The average Bonchev–Trinajstić information content (AvgIpc) is 2.58. The van der Waals surface area contributed by atoms with Gasteiger partial charge in [-0.15, -0.1) is 0 Å². The van der Waals surface area contributed by atoms with Crippen molar-refractivity contribution < 1.29 is 31.2 Å². The van der Waals surface area contributed by atoms with Crippen molar-refractivity contribution in [2.75, 3.05) is 43.3 Å². The first-order valence-corrected chi connectivity index (χ1v) is 9.49. The Balaban J connectivity index is 2.16. The molecule has 0 bridgehead atoms. The highest BCUT2D eigenvalue weighted by atomic mass is 32.2. The number of carbonyl (C=O) groups is 2. The van der Waals surface area contributed by atoms with Gasteiger partial charge in [0, 0.05) is 26.2 Å². The van der Waals surface area contributed by atoms with Gasteiger partial charge in [0.15, 0.2) is 0 Å². The van der Waals surface area contributed by atoms with E-state index >= 15 is 0 Å². The van der Waals surface area contributed by atoms with Gasteiger partial charge < -0.3 is 9.80 Å². The zero-order valence-electron chi connectivity index (χ0n) is 13.9. The Morgan fingerprint density at radius 2 is 1.69 bits per heavy atom. The quantitative estimate of drug-likeness (QED) is 0.693. The van der Waals surface area contributed by atoms with Crippen molar-refractivity contribution in [1.29, 1.82) is 0 Å². The molecule has 0 aromatic heterocycles. The van der Waals surface area contributed by atoms with Crippen LogP contribution in [0.2, 0.25) is 0 Å². The number of hydrogen-bond donors (Lipinski definition) is 0. The van der Waals surface area contributed by atoms with Crippen molar-refractivity contribution in [2.24, 2.45) is 0 Å². The Kier molecular flexibility index (Phi) is 5.79. The molecule has 0 spiro atoms. The molecule has 11 heteroatoms. The van der Waals surface area contributed by atoms with Crippen LogP contribution in [0.4, 0.5) is 18.9 Å². The van der Waals surface area contributed by atoms with Gasteiger partial charge >= 0.3 is 6.18 Å². The number of amides is 2. The van der Waals surface area contributed by atoms with Gasteiger partial charge in [0.25, 0.3) is 0 Å². The largest absolute Gasteiger partial charge is 0.416 e. The maximum Gasteiger partial charge on any atom is 0.416 e. The number of rotatable bonds is 5. The van der Waals surface area contributed by atoms with Gasteiger partial charge in [-0.3, -0.25) is 13.9 Å². The fourth-order valence-electron chi connectivity index (χ4n) is 2.52. The maximum absolute atomic E-state index is 12.6. The molecule has 0 saturated carbocycles. The normalized spacial score (nSPS) is 15.7. The Bertz CT molecular complexity index is 757. The summed E-state index contributed by atoms with van der Waals surface area (Å²) < 4.78 is 62.7. The molecule has 0 atom stereocenters. The van der Waals surface area contributed by atoms with Crippen LogP contribution in [0.25, 0.3) is 0 Å². The second-order valence-corrected chi connectivity index (χ2v) is 7.74. The number of carbonyl (C=O) groups excluding carboxylic acids is 2. The van der Waals surface area contributed by atoms with Gasteiger partial charge in [-0.1, -0.05) is 0 Å². The van der Waals surface area contributed by atoms with Crippen LogP contribution in [0.5, 0.6) is 0 Å². The molecule has 0 N–H and O–H groups in total. The second kappa shape index (κ2) is 7.52. The van der Waals surface area contributed by atoms with E-state index in [4.69, 9.17) is 0 Å². The van der Waals surface area contributed by atoms with E-state index in [9.17, 15) is 31.2 Å². The first-order chi connectivity index (χ1) is 12.0. The third-order valence-electron chi connectivity index (χ3n) is 3.98. The fraction of sp³-hybridized carbons (Fsp3) is 0.467. The summed E-state index contributed by atoms with van der Waals surface area (Å²) in [4.78, 5) is 26.0. The highest BCUT2D eigenvalue weighted by Gasteiger charge is 2.31. The molecule has 1 aliphatic heterocycles. The molecule has 2 amide bonds. The van der Waals surface area contributed by atoms with Crippen LogP contribution in [-0.2, 0) is 25.8 Å². The van der Waals surface area contributed by atoms with Crippen LogP contribution in [0.1, 0.15) is 5.56 Å². The van der Waals surface area contributed by atoms with Gasteiger partial charge in [-0.2, -0.15) is 13.2 Å². The van der Waals surface area contributed by atoms with Crippen molar-refractivity contribution in [3.8, 4) is 0 Å². The molecule has 1 saturated heterocycles. The first-order valence-electron chi connectivity index (χ1n) is 7.64. The SMILES string of the molecule is CS(=O)(=O)N(CC(=O)N1CCN(C=O)CC1)c1ccc(C(F)(F)F)cc1. The Morgan fingerprint density at radius 1 is 1.15 bits per heavy atom. The molecule has 0 unspecified atom stereocenters. The number of alkyl halides is 3. The average molecular weight is 393 g/mol. The Labute approximate surface area is 149 Å². The molecule has 0 aliphatic carbocycles. The highest BCUT2D eigenvalue weighted by molar-refractivity contribution is 7.92. The number of nitrogens with zero attached hydrogens (tertiary/aromatic N) is 3. The van der Waals surface area contributed by atoms with E-state index in [1.165, 1.54) is 9.80 Å². The second-order valence-electron chi connectivity index (χ2n) is 5.84. The molecule has 7 nitrogen and oxygen atoms in total. The van der Waals surface area contributed by atoms with E-state index in [1.54, 1.807) is 0 Å². The summed E-state index contributed by atoms with van der Waals surface area (Å²) >= 11 is 0. The number of anilines is 1. The molecule has 1 aliphatic rings. The summed E-state index contributed by atoms with van der Waals surface area (Å²) in [6.45, 7) is 0.693. The topological polar surface area (TPSA) is 78.0 Å². The molecule has 1 aromatic rings. The van der Waals surface area contributed by atoms with Crippen molar-refractivity contribution in [1.82, 2.24) is 9.80 Å². The maximum atomic E-state index is 12.6. The van der Waals surface area contributed by atoms with Crippen molar-refractivity contribution in [2.45, 2.75) is 6.18 Å². The summed E-state index contributed by atoms with van der Waals surface area (Å²) in [5.74, 6) is -0.485. The Morgan fingerprint density at radius 3 is 2.12 bits per heavy atom. The molecular weight excluding hydrogens is 375 g/mol. The minimum atomic E-state index is -4.54. The molecule has 2 rings (SSSR count). The predicted molar refractivity (Wildman–Crippen MR) is 87.9 cm³/mol. The summed E-state index contributed by atoms with van der Waals surface area (Å²) in [6.07, 6.45) is -2.99. The monoisotopic (exact) mass is 393 g/mol. The molecule has 144 valence electrons. The van der Waals surface area contributed by atoms with E-state index in [1.807, 2.05) is 0 Å². The lowest BCUT2D eigenvalue weighted by Gasteiger charge is -2.34. The third-order valence-corrected chi connectivity index (χ3v) is 5.12. The summed E-state index contributed by atoms with van der Waals surface area (Å²) in [5.41, 5.74) is -0.939. The Hall–Kier alpha value is -2.30. The van der Waals surface area contributed by atoms with Crippen molar-refractivity contribution in [3.63, 3.8) is 0 Å². The molecule has 1 heterocycles. The van der Waals surface area contributed by atoms with E-state index in [0.29, 0.717) is 19.5 Å². The minimum Gasteiger partial charge on any atom is -0.342 e. The van der Waals surface area contributed by atoms with Crippen LogP contribution in [0.15, 0.2) is 24.3 Å². The number of sulfonamides is 1. The highest BCUT2D eigenvalue weighted by Crippen LogP contribution is 2.31. The van der Waals surface area contributed by atoms with Crippen molar-refractivity contribution in [3.05, 3.63) is 29.8 Å². The number of halogens is 3. The van der Waals surface area contributed by atoms with Crippen LogP contribution in [0, 0.1) is 0 Å². The van der Waals surface area contributed by atoms with E-state index in [2.05, 4.69) is 0 Å². The smallest absolute Gasteiger partial charge is 0.342 e. The molecule has 1 aromatic carbocycles. The van der Waals surface area contributed by atoms with E-state index in [-0.39, 0.29) is 18.8 Å². The van der Waals surface area contributed by atoms with Gasteiger partial charge in [-0.25, -0.2) is 8.42 Å². The first kappa shape index (κ1) is 20.0. The van der Waals surface area contributed by atoms with Crippen LogP contribution in [-0.4, -0.2) is 69.5 Å². The fourth-order valence-corrected chi connectivity index (χ4v) is 3.37. The standard InChI is InChI=1S/C15H18F3N3O4S/c1-26(24,25)21(13-4-2-12(3-5-13)15(16,17)18)10-14(23)20-8-6-19(11-22)7-9-20/h2-5,11H,6-10H2,1H3. The van der Waals surface area contributed by atoms with Gasteiger partial charge in [0.2, 0.25) is 22.3 Å². The van der Waals surface area contributed by atoms with Crippen molar-refractivity contribution >= 4 is 28.0 Å². The lowest BCUT2D eigenvalue weighted by molar-refractivity contribution is -0.137. The molecular formula is C15H18F3N3O4S. The third kappa shape index (κ3) is 4.87. The molecule has 1 fully saturated rings. The lowest BCUT2D eigenvalue weighted by atomic mass is 10.2. The molecule has 26 heavy (non-hydrogen) atoms. The number of benzene rings is 1. The zero-order valence-corrected chi connectivity index (χ0v) is 14.8. The number of piperazine rings is 1. The summed E-state index contributed by atoms with van der Waals surface area (Å²) in [6, 6.07) is 3.56. The van der Waals surface area contributed by atoms with Gasteiger partial charge in [0.05, 0.1) is 17.5 Å². The van der Waals surface area contributed by atoms with Gasteiger partial charge in [0.1, 0.15) is 6.54 Å². The summed E-state index contributed by atoms with van der Waals surface area (Å²) in [7, 11) is -3.88. The zero-order chi connectivity index (χ0) is 19.5. The van der Waals surface area contributed by atoms with Crippen LogP contribution in [0.3, 0.4) is 0 Å². The lowest BCUT2D eigenvalue weighted by Crippen LogP contribution is -2.51. The summed E-state index contributed by atoms with van der Waals surface area (Å²) in [5, 5.41) is 0. The van der Waals surface area contributed by atoms with E-state index in [0.717, 1.165) is 34.8 Å². The minimum absolute atomic E-state index is 0.0274. The molecule has 0 radical (unpaired) electrons. The van der Waals surface area contributed by atoms with Gasteiger partial charge in [-0.05, 0) is 24.3 Å². The number of hydrogen-bond acceptors (Lipinski definition) is 4. The predicted octanol–water partition coefficient (Wildman–Crippen LogP) is 0.772.